The van der Waals surface area contributed by atoms with Crippen molar-refractivity contribution in [2.75, 3.05) is 7.11 Å². The number of hydrogen-bond acceptors (Lipinski definition) is 3. The monoisotopic (exact) mass is 348 g/mol. The molecule has 8 heteroatoms. The Kier molecular flexibility index (Phi) is 3.85. The average Bonchev–Trinajstić information content (AvgIpc) is 2.41. The molecule has 1 heterocycles. The maximum absolute atomic E-state index is 12.7. The summed E-state index contributed by atoms with van der Waals surface area (Å²) in [5.74, 6) is -0.0238. The number of rotatable bonds is 2. The second-order valence-corrected chi connectivity index (χ2v) is 4.56. The van der Waals surface area contributed by atoms with Gasteiger partial charge in [0.25, 0.3) is 5.43 Å². The second-order valence-electron chi connectivity index (χ2n) is 3.81. The number of methoxy groups -OCH3 is 1. The molecule has 1 aromatic carbocycles. The zero-order valence-electron chi connectivity index (χ0n) is 10.1. The molecule has 0 spiro atoms. The zero-order chi connectivity index (χ0) is 14.9. The van der Waals surface area contributed by atoms with Crippen LogP contribution in [-0.2, 0) is 6.18 Å². The summed E-state index contributed by atoms with van der Waals surface area (Å²) in [7, 11) is 1.29. The molecular weight excluding hydrogens is 341 g/mol. The SMILES string of the molecule is COc1cn(-c2cccc(C(F)(F)F)c2)nc(Br)c1=O. The number of halogens is 4. The minimum Gasteiger partial charge on any atom is -0.491 e. The Bertz CT molecular complexity index is 698. The predicted molar refractivity (Wildman–Crippen MR) is 69.1 cm³/mol. The number of benzene rings is 1. The summed E-state index contributed by atoms with van der Waals surface area (Å²) in [5, 5.41) is 3.85. The Balaban J connectivity index is 2.58. The van der Waals surface area contributed by atoms with Crippen LogP contribution in [0.4, 0.5) is 13.2 Å². The fourth-order valence-electron chi connectivity index (χ4n) is 1.54. The summed E-state index contributed by atoms with van der Waals surface area (Å²) in [6.07, 6.45) is -3.22. The molecule has 0 fully saturated rings. The molecule has 0 aliphatic heterocycles. The number of alkyl halides is 3. The van der Waals surface area contributed by atoms with Gasteiger partial charge in [0.2, 0.25) is 0 Å². The third-order valence-electron chi connectivity index (χ3n) is 2.50. The number of ether oxygens (including phenoxy) is 1. The second kappa shape index (κ2) is 5.28. The normalized spacial score (nSPS) is 11.4. The van der Waals surface area contributed by atoms with Crippen LogP contribution in [0, 0.1) is 0 Å². The molecule has 20 heavy (non-hydrogen) atoms. The van der Waals surface area contributed by atoms with Crippen LogP contribution in [0.25, 0.3) is 5.69 Å². The van der Waals surface area contributed by atoms with Crippen LogP contribution in [0.2, 0.25) is 0 Å². The molecule has 0 saturated heterocycles. The van der Waals surface area contributed by atoms with Gasteiger partial charge < -0.3 is 4.74 Å². The summed E-state index contributed by atoms with van der Waals surface area (Å²) in [6, 6.07) is 4.60. The highest BCUT2D eigenvalue weighted by atomic mass is 79.9. The van der Waals surface area contributed by atoms with E-state index in [4.69, 9.17) is 4.74 Å². The Labute approximate surface area is 119 Å². The largest absolute Gasteiger partial charge is 0.491 e. The van der Waals surface area contributed by atoms with Gasteiger partial charge in [-0.3, -0.25) is 4.79 Å². The van der Waals surface area contributed by atoms with Crippen LogP contribution in [0.5, 0.6) is 5.75 Å². The van der Waals surface area contributed by atoms with Gasteiger partial charge in [-0.15, -0.1) is 0 Å². The predicted octanol–water partition coefficient (Wildman–Crippen LogP) is 3.02. The van der Waals surface area contributed by atoms with Gasteiger partial charge in [0.05, 0.1) is 24.6 Å². The van der Waals surface area contributed by atoms with E-state index in [9.17, 15) is 18.0 Å². The van der Waals surface area contributed by atoms with Gasteiger partial charge in [0.1, 0.15) is 0 Å². The van der Waals surface area contributed by atoms with Crippen molar-refractivity contribution in [3.63, 3.8) is 0 Å². The molecule has 0 aliphatic carbocycles. The van der Waals surface area contributed by atoms with Gasteiger partial charge in [0.15, 0.2) is 10.4 Å². The first kappa shape index (κ1) is 14.6. The quantitative estimate of drug-likeness (QED) is 0.837. The molecule has 0 N–H and O–H groups in total. The van der Waals surface area contributed by atoms with E-state index in [2.05, 4.69) is 21.0 Å². The number of nitrogens with zero attached hydrogens (tertiary/aromatic N) is 2. The lowest BCUT2D eigenvalue weighted by Gasteiger charge is -2.11. The van der Waals surface area contributed by atoms with Crippen molar-refractivity contribution in [1.29, 1.82) is 0 Å². The maximum atomic E-state index is 12.7. The zero-order valence-corrected chi connectivity index (χ0v) is 11.7. The van der Waals surface area contributed by atoms with Gasteiger partial charge in [-0.1, -0.05) is 6.07 Å². The van der Waals surface area contributed by atoms with Crippen LogP contribution in [0.3, 0.4) is 0 Å². The lowest BCUT2D eigenvalue weighted by Crippen LogP contribution is -2.14. The van der Waals surface area contributed by atoms with E-state index in [-0.39, 0.29) is 16.0 Å². The standard InChI is InChI=1S/C12H8BrF3N2O2/c1-20-9-6-18(17-11(13)10(9)19)8-4-2-3-7(5-8)12(14,15)16/h2-6H,1H3. The van der Waals surface area contributed by atoms with Crippen molar-refractivity contribution in [2.24, 2.45) is 0 Å². The minimum atomic E-state index is -4.45. The first-order chi connectivity index (χ1) is 9.32. The molecule has 0 saturated carbocycles. The fourth-order valence-corrected chi connectivity index (χ4v) is 1.91. The topological polar surface area (TPSA) is 44.1 Å². The van der Waals surface area contributed by atoms with Gasteiger partial charge in [0, 0.05) is 0 Å². The van der Waals surface area contributed by atoms with Crippen LogP contribution in [-0.4, -0.2) is 16.9 Å². The molecule has 2 rings (SSSR count). The summed E-state index contributed by atoms with van der Waals surface area (Å²) >= 11 is 2.95. The van der Waals surface area contributed by atoms with Crippen molar-refractivity contribution >= 4 is 15.9 Å². The summed E-state index contributed by atoms with van der Waals surface area (Å²) in [4.78, 5) is 11.6. The van der Waals surface area contributed by atoms with E-state index < -0.39 is 17.2 Å². The molecule has 0 unspecified atom stereocenters. The van der Waals surface area contributed by atoms with E-state index in [0.29, 0.717) is 0 Å². The molecule has 106 valence electrons. The highest BCUT2D eigenvalue weighted by Gasteiger charge is 2.30. The Morgan fingerprint density at radius 3 is 2.65 bits per heavy atom. The first-order valence-corrected chi connectivity index (χ1v) is 6.13. The highest BCUT2D eigenvalue weighted by Crippen LogP contribution is 2.30. The lowest BCUT2D eigenvalue weighted by atomic mass is 10.2. The van der Waals surface area contributed by atoms with Crippen LogP contribution in [0.1, 0.15) is 5.56 Å². The van der Waals surface area contributed by atoms with Crippen LogP contribution < -0.4 is 10.2 Å². The summed E-state index contributed by atoms with van der Waals surface area (Å²) in [6.45, 7) is 0. The molecule has 0 atom stereocenters. The fraction of sp³-hybridized carbons (Fsp3) is 0.167. The number of hydrogen-bond donors (Lipinski definition) is 0. The Hall–Kier alpha value is -1.83. The van der Waals surface area contributed by atoms with E-state index >= 15 is 0 Å². The van der Waals surface area contributed by atoms with Crippen LogP contribution in [0.15, 0.2) is 39.9 Å². The third kappa shape index (κ3) is 2.84. The van der Waals surface area contributed by atoms with E-state index in [1.165, 1.54) is 25.4 Å². The molecule has 0 amide bonds. The molecule has 1 aromatic heterocycles. The summed E-state index contributed by atoms with van der Waals surface area (Å²) in [5.41, 5.74) is -1.11. The number of aromatic nitrogens is 2. The van der Waals surface area contributed by atoms with Crippen LogP contribution >= 0.6 is 15.9 Å². The van der Waals surface area contributed by atoms with Gasteiger partial charge >= 0.3 is 6.18 Å². The third-order valence-corrected chi connectivity index (χ3v) is 3.02. The van der Waals surface area contributed by atoms with Gasteiger partial charge in [-0.05, 0) is 34.1 Å². The van der Waals surface area contributed by atoms with E-state index in [1.807, 2.05) is 0 Å². The van der Waals surface area contributed by atoms with Gasteiger partial charge in [-0.25, -0.2) is 4.68 Å². The van der Waals surface area contributed by atoms with Gasteiger partial charge in [-0.2, -0.15) is 18.3 Å². The van der Waals surface area contributed by atoms with E-state index in [1.54, 1.807) is 0 Å². The molecule has 0 aliphatic rings. The van der Waals surface area contributed by atoms with Crippen molar-refractivity contribution in [1.82, 2.24) is 9.78 Å². The molecule has 2 aromatic rings. The Morgan fingerprint density at radius 2 is 2.05 bits per heavy atom. The molecule has 4 nitrogen and oxygen atoms in total. The van der Waals surface area contributed by atoms with E-state index in [0.717, 1.165) is 16.8 Å². The van der Waals surface area contributed by atoms with Crippen molar-refractivity contribution in [3.8, 4) is 11.4 Å². The average molecular weight is 349 g/mol. The van der Waals surface area contributed by atoms with Crippen molar-refractivity contribution < 1.29 is 17.9 Å². The smallest absolute Gasteiger partial charge is 0.416 e. The first-order valence-electron chi connectivity index (χ1n) is 5.34. The lowest BCUT2D eigenvalue weighted by molar-refractivity contribution is -0.137. The van der Waals surface area contributed by atoms with Crippen molar-refractivity contribution in [3.05, 3.63) is 50.9 Å². The maximum Gasteiger partial charge on any atom is 0.416 e. The van der Waals surface area contributed by atoms with Crippen molar-refractivity contribution in [2.45, 2.75) is 6.18 Å². The highest BCUT2D eigenvalue weighted by molar-refractivity contribution is 9.10. The Morgan fingerprint density at radius 1 is 1.35 bits per heavy atom. The molecule has 0 bridgehead atoms. The molecule has 0 radical (unpaired) electrons. The minimum absolute atomic E-state index is 0.0238. The summed E-state index contributed by atoms with van der Waals surface area (Å²) < 4.78 is 43.9. The molecular formula is C12H8BrF3N2O2.